The summed E-state index contributed by atoms with van der Waals surface area (Å²) in [5, 5.41) is 2.65. The van der Waals surface area contributed by atoms with Gasteiger partial charge in [0.15, 0.2) is 0 Å². The fourth-order valence-corrected chi connectivity index (χ4v) is 0.703. The summed E-state index contributed by atoms with van der Waals surface area (Å²) in [6.07, 6.45) is -1.54. The van der Waals surface area contributed by atoms with E-state index in [9.17, 15) is 8.78 Å². The monoisotopic (exact) mass is 181 g/mol. The molecule has 0 fully saturated rings. The van der Waals surface area contributed by atoms with Crippen LogP contribution in [0.4, 0.5) is 8.78 Å². The molecule has 0 heterocycles. The Morgan fingerprint density at radius 3 is 2.42 bits per heavy atom. The average Bonchev–Trinajstić information content (AvgIpc) is 1.98. The van der Waals surface area contributed by atoms with E-state index in [2.05, 4.69) is 5.32 Å². The highest BCUT2D eigenvalue weighted by atomic mass is 19.3. The summed E-state index contributed by atoms with van der Waals surface area (Å²) < 4.78 is 28.4. The molecule has 0 atom stereocenters. The lowest BCUT2D eigenvalue weighted by molar-refractivity contribution is 0.0149. The van der Waals surface area contributed by atoms with Crippen molar-refractivity contribution in [2.45, 2.75) is 32.3 Å². The van der Waals surface area contributed by atoms with Crippen LogP contribution in [0.3, 0.4) is 0 Å². The molecule has 0 saturated heterocycles. The minimum atomic E-state index is -2.27. The molecule has 0 aliphatic carbocycles. The molecule has 12 heavy (non-hydrogen) atoms. The summed E-state index contributed by atoms with van der Waals surface area (Å²) in [7, 11) is 1.62. The third-order valence-electron chi connectivity index (χ3n) is 1.76. The Morgan fingerprint density at radius 2 is 2.00 bits per heavy atom. The topological polar surface area (TPSA) is 21.3 Å². The van der Waals surface area contributed by atoms with Gasteiger partial charge in [-0.05, 0) is 26.8 Å². The Hall–Kier alpha value is -0.220. The fourth-order valence-electron chi connectivity index (χ4n) is 0.703. The van der Waals surface area contributed by atoms with Gasteiger partial charge >= 0.3 is 0 Å². The number of rotatable bonds is 6. The zero-order valence-corrected chi connectivity index (χ0v) is 7.86. The molecule has 2 nitrogen and oxygen atoms in total. The van der Waals surface area contributed by atoms with Crippen LogP contribution in [0.25, 0.3) is 0 Å². The van der Waals surface area contributed by atoms with Gasteiger partial charge in [-0.2, -0.15) is 0 Å². The Kier molecular flexibility index (Phi) is 5.33. The molecule has 0 aliphatic rings. The standard InChI is InChI=1S/C8H17F2NO/c1-8(2,12-3)4-5-11-6-7(9)10/h7,11H,4-6H2,1-3H3. The van der Waals surface area contributed by atoms with Crippen molar-refractivity contribution < 1.29 is 13.5 Å². The largest absolute Gasteiger partial charge is 0.379 e. The molecule has 1 N–H and O–H groups in total. The summed E-state index contributed by atoms with van der Waals surface area (Å²) in [4.78, 5) is 0. The number of halogens is 2. The summed E-state index contributed by atoms with van der Waals surface area (Å²) in [5.74, 6) is 0. The third-order valence-corrected chi connectivity index (χ3v) is 1.76. The molecule has 0 unspecified atom stereocenters. The first-order valence-electron chi connectivity index (χ1n) is 4.02. The van der Waals surface area contributed by atoms with E-state index in [-0.39, 0.29) is 12.1 Å². The predicted octanol–water partition coefficient (Wildman–Crippen LogP) is 1.66. The molecular formula is C8H17F2NO. The van der Waals surface area contributed by atoms with Gasteiger partial charge in [0.1, 0.15) is 0 Å². The number of hydrogen-bond acceptors (Lipinski definition) is 2. The van der Waals surface area contributed by atoms with E-state index in [1.165, 1.54) is 0 Å². The number of nitrogens with one attached hydrogen (secondary N) is 1. The van der Waals surface area contributed by atoms with Crippen LogP contribution in [-0.4, -0.2) is 32.2 Å². The van der Waals surface area contributed by atoms with Crippen LogP contribution in [0.5, 0.6) is 0 Å². The maximum atomic E-state index is 11.6. The van der Waals surface area contributed by atoms with Gasteiger partial charge in [-0.15, -0.1) is 0 Å². The highest BCUT2D eigenvalue weighted by Crippen LogP contribution is 2.11. The van der Waals surface area contributed by atoms with Crippen molar-refractivity contribution >= 4 is 0 Å². The van der Waals surface area contributed by atoms with E-state index in [0.717, 1.165) is 6.42 Å². The van der Waals surface area contributed by atoms with Crippen molar-refractivity contribution in [3.8, 4) is 0 Å². The predicted molar refractivity (Wildman–Crippen MR) is 44.6 cm³/mol. The van der Waals surface area contributed by atoms with E-state index in [0.29, 0.717) is 6.54 Å². The van der Waals surface area contributed by atoms with Crippen LogP contribution in [-0.2, 0) is 4.74 Å². The zero-order valence-electron chi connectivity index (χ0n) is 7.86. The fraction of sp³-hybridized carbons (Fsp3) is 1.00. The molecule has 0 saturated carbocycles. The van der Waals surface area contributed by atoms with E-state index < -0.39 is 6.43 Å². The van der Waals surface area contributed by atoms with Crippen molar-refractivity contribution in [3.05, 3.63) is 0 Å². The molecule has 0 radical (unpaired) electrons. The minimum Gasteiger partial charge on any atom is -0.379 e. The SMILES string of the molecule is COC(C)(C)CCNCC(F)F. The Morgan fingerprint density at radius 1 is 1.42 bits per heavy atom. The van der Waals surface area contributed by atoms with Crippen molar-refractivity contribution in [2.75, 3.05) is 20.2 Å². The highest BCUT2D eigenvalue weighted by Gasteiger charge is 2.15. The number of methoxy groups -OCH3 is 1. The third kappa shape index (κ3) is 6.49. The van der Waals surface area contributed by atoms with Gasteiger partial charge in [-0.3, -0.25) is 0 Å². The molecule has 0 spiro atoms. The lowest BCUT2D eigenvalue weighted by Crippen LogP contribution is -2.30. The Bertz CT molecular complexity index is 118. The molecule has 0 aromatic heterocycles. The van der Waals surface area contributed by atoms with E-state index in [4.69, 9.17) is 4.74 Å². The van der Waals surface area contributed by atoms with E-state index in [1.807, 2.05) is 13.8 Å². The molecule has 0 aliphatic heterocycles. The van der Waals surface area contributed by atoms with Gasteiger partial charge in [0.2, 0.25) is 0 Å². The Labute approximate surface area is 72.3 Å². The van der Waals surface area contributed by atoms with Crippen LogP contribution in [0.1, 0.15) is 20.3 Å². The maximum Gasteiger partial charge on any atom is 0.250 e. The van der Waals surface area contributed by atoms with Gasteiger partial charge in [-0.25, -0.2) is 8.78 Å². The second-order valence-corrected chi connectivity index (χ2v) is 3.31. The first-order chi connectivity index (χ1) is 5.48. The normalized spacial score (nSPS) is 12.5. The average molecular weight is 181 g/mol. The van der Waals surface area contributed by atoms with Crippen LogP contribution < -0.4 is 5.32 Å². The molecule has 0 aromatic carbocycles. The first kappa shape index (κ1) is 11.8. The molecule has 0 amide bonds. The molecule has 74 valence electrons. The highest BCUT2D eigenvalue weighted by molar-refractivity contribution is 4.68. The van der Waals surface area contributed by atoms with Crippen LogP contribution in [0.15, 0.2) is 0 Å². The Balaban J connectivity index is 3.31. The van der Waals surface area contributed by atoms with Gasteiger partial charge in [0, 0.05) is 7.11 Å². The molecule has 0 aromatic rings. The number of ether oxygens (including phenoxy) is 1. The van der Waals surface area contributed by atoms with Crippen LogP contribution in [0, 0.1) is 0 Å². The first-order valence-corrected chi connectivity index (χ1v) is 4.02. The van der Waals surface area contributed by atoms with Gasteiger partial charge in [0.05, 0.1) is 12.1 Å². The molecular weight excluding hydrogens is 164 g/mol. The van der Waals surface area contributed by atoms with Crippen molar-refractivity contribution in [2.24, 2.45) is 0 Å². The smallest absolute Gasteiger partial charge is 0.250 e. The van der Waals surface area contributed by atoms with Crippen molar-refractivity contribution in [1.82, 2.24) is 5.32 Å². The number of alkyl halides is 2. The number of hydrogen-bond donors (Lipinski definition) is 1. The minimum absolute atomic E-state index is 0.227. The van der Waals surface area contributed by atoms with Crippen molar-refractivity contribution in [1.29, 1.82) is 0 Å². The van der Waals surface area contributed by atoms with Gasteiger partial charge < -0.3 is 10.1 Å². The maximum absolute atomic E-state index is 11.6. The quantitative estimate of drug-likeness (QED) is 0.629. The van der Waals surface area contributed by atoms with E-state index >= 15 is 0 Å². The summed E-state index contributed by atoms with van der Waals surface area (Å²) in [5.41, 5.74) is -0.227. The zero-order chi connectivity index (χ0) is 9.61. The van der Waals surface area contributed by atoms with Crippen molar-refractivity contribution in [3.63, 3.8) is 0 Å². The summed E-state index contributed by atoms with van der Waals surface area (Å²) in [6.45, 7) is 4.18. The van der Waals surface area contributed by atoms with Crippen LogP contribution in [0.2, 0.25) is 0 Å². The summed E-state index contributed by atoms with van der Waals surface area (Å²) in [6, 6.07) is 0. The summed E-state index contributed by atoms with van der Waals surface area (Å²) >= 11 is 0. The molecule has 0 bridgehead atoms. The van der Waals surface area contributed by atoms with Crippen LogP contribution >= 0.6 is 0 Å². The lowest BCUT2D eigenvalue weighted by Gasteiger charge is -2.22. The second kappa shape index (κ2) is 5.43. The van der Waals surface area contributed by atoms with E-state index in [1.54, 1.807) is 7.11 Å². The lowest BCUT2D eigenvalue weighted by atomic mass is 10.1. The van der Waals surface area contributed by atoms with Gasteiger partial charge in [0.25, 0.3) is 6.43 Å². The molecule has 4 heteroatoms. The van der Waals surface area contributed by atoms with Gasteiger partial charge in [-0.1, -0.05) is 0 Å². The second-order valence-electron chi connectivity index (χ2n) is 3.31. The molecule has 0 rings (SSSR count).